The number of rotatable bonds is 10. The smallest absolute Gasteiger partial charge is 0.303 e. The van der Waals surface area contributed by atoms with Crippen LogP contribution < -0.4 is 5.32 Å². The van der Waals surface area contributed by atoms with Crippen LogP contribution in [0.5, 0.6) is 0 Å². The standard InChI is InChI=1S/C34H41N3O6/c1-24(41-25(2)39)33(40)35-30-10-6-9-29(19-30)34-42-31(20-32(43-34)28-13-11-27(23-38)12-14-28)22-37-17-15-36(16-18-37)21-26-7-4-3-5-8-26/h3-14,19,24,31-32,34,38H,15-18,20-23H2,1-2H3,(H,35,40)/t24-,31-,32+,34+/m0/s1. The third kappa shape index (κ3) is 8.72. The second-order valence-corrected chi connectivity index (χ2v) is 11.3. The average molecular weight is 588 g/mol. The average Bonchev–Trinajstić information content (AvgIpc) is 3.02. The minimum atomic E-state index is -0.910. The van der Waals surface area contributed by atoms with Gasteiger partial charge in [-0.15, -0.1) is 0 Å². The Kier molecular flexibility index (Phi) is 10.6. The molecule has 0 saturated carbocycles. The van der Waals surface area contributed by atoms with Crippen LogP contribution in [-0.2, 0) is 37.0 Å². The molecule has 0 aromatic heterocycles. The number of hydrogen-bond acceptors (Lipinski definition) is 8. The van der Waals surface area contributed by atoms with Crippen LogP contribution in [0.4, 0.5) is 5.69 Å². The molecule has 9 heteroatoms. The van der Waals surface area contributed by atoms with Crippen LogP contribution in [0.1, 0.15) is 54.9 Å². The van der Waals surface area contributed by atoms with Crippen molar-refractivity contribution >= 4 is 17.6 Å². The highest BCUT2D eigenvalue weighted by Crippen LogP contribution is 2.38. The molecule has 0 bridgehead atoms. The lowest BCUT2D eigenvalue weighted by Crippen LogP contribution is -2.49. The van der Waals surface area contributed by atoms with Gasteiger partial charge in [-0.3, -0.25) is 19.4 Å². The second-order valence-electron chi connectivity index (χ2n) is 11.3. The van der Waals surface area contributed by atoms with Gasteiger partial charge in [0.2, 0.25) is 0 Å². The fraction of sp³-hybridized carbons (Fsp3) is 0.412. The molecule has 2 heterocycles. The Morgan fingerprint density at radius 2 is 1.63 bits per heavy atom. The number of carbonyl (C=O) groups excluding carboxylic acids is 2. The maximum absolute atomic E-state index is 12.5. The number of anilines is 1. The Labute approximate surface area is 253 Å². The molecule has 0 spiro atoms. The first kappa shape index (κ1) is 30.8. The van der Waals surface area contributed by atoms with Gasteiger partial charge in [0.25, 0.3) is 5.91 Å². The molecule has 5 rings (SSSR count). The molecule has 43 heavy (non-hydrogen) atoms. The lowest BCUT2D eigenvalue weighted by Gasteiger charge is -2.41. The van der Waals surface area contributed by atoms with E-state index in [4.69, 9.17) is 14.2 Å². The van der Waals surface area contributed by atoms with Gasteiger partial charge in [0.05, 0.1) is 18.8 Å². The summed E-state index contributed by atoms with van der Waals surface area (Å²) in [5.74, 6) is -0.925. The number of amides is 1. The third-order valence-corrected chi connectivity index (χ3v) is 7.93. The van der Waals surface area contributed by atoms with Crippen molar-refractivity contribution in [2.24, 2.45) is 0 Å². The fourth-order valence-electron chi connectivity index (χ4n) is 5.60. The number of aliphatic hydroxyl groups excluding tert-OH is 1. The molecule has 2 saturated heterocycles. The zero-order valence-electron chi connectivity index (χ0n) is 24.9. The van der Waals surface area contributed by atoms with Gasteiger partial charge in [0, 0.05) is 63.9 Å². The van der Waals surface area contributed by atoms with E-state index in [-0.39, 0.29) is 18.8 Å². The first-order valence-corrected chi connectivity index (χ1v) is 14.9. The highest BCUT2D eigenvalue weighted by atomic mass is 16.7. The molecule has 0 unspecified atom stereocenters. The summed E-state index contributed by atoms with van der Waals surface area (Å²) < 4.78 is 18.1. The minimum Gasteiger partial charge on any atom is -0.453 e. The number of carbonyl (C=O) groups is 2. The predicted molar refractivity (Wildman–Crippen MR) is 163 cm³/mol. The van der Waals surface area contributed by atoms with Crippen LogP contribution in [-0.4, -0.2) is 71.7 Å². The Bertz CT molecular complexity index is 1340. The monoisotopic (exact) mass is 587 g/mol. The molecule has 2 fully saturated rings. The topological polar surface area (TPSA) is 101 Å². The van der Waals surface area contributed by atoms with E-state index in [1.807, 2.05) is 42.5 Å². The van der Waals surface area contributed by atoms with Crippen molar-refractivity contribution in [1.29, 1.82) is 0 Å². The molecular formula is C34H41N3O6. The van der Waals surface area contributed by atoms with Crippen LogP contribution in [0.3, 0.4) is 0 Å². The molecule has 3 aromatic rings. The summed E-state index contributed by atoms with van der Waals surface area (Å²) in [4.78, 5) is 28.8. The van der Waals surface area contributed by atoms with E-state index in [9.17, 15) is 14.7 Å². The van der Waals surface area contributed by atoms with Crippen molar-refractivity contribution in [3.8, 4) is 0 Å². The molecule has 0 aliphatic carbocycles. The number of ether oxygens (including phenoxy) is 3. The van der Waals surface area contributed by atoms with Gasteiger partial charge in [-0.25, -0.2) is 0 Å². The number of nitrogens with zero attached hydrogens (tertiary/aromatic N) is 2. The quantitative estimate of drug-likeness (QED) is 0.336. The van der Waals surface area contributed by atoms with E-state index in [1.54, 1.807) is 6.07 Å². The number of esters is 1. The Morgan fingerprint density at radius 3 is 2.33 bits per heavy atom. The van der Waals surface area contributed by atoms with Gasteiger partial charge in [-0.1, -0.05) is 66.7 Å². The summed E-state index contributed by atoms with van der Waals surface area (Å²) in [5, 5.41) is 12.3. The normalized spacial score (nSPS) is 22.1. The molecule has 1 amide bonds. The van der Waals surface area contributed by atoms with Gasteiger partial charge < -0.3 is 24.6 Å². The van der Waals surface area contributed by atoms with Crippen molar-refractivity contribution in [3.63, 3.8) is 0 Å². The predicted octanol–water partition coefficient (Wildman–Crippen LogP) is 4.43. The summed E-state index contributed by atoms with van der Waals surface area (Å²) in [7, 11) is 0. The van der Waals surface area contributed by atoms with E-state index >= 15 is 0 Å². The Balaban J connectivity index is 1.26. The second kappa shape index (κ2) is 14.7. The molecule has 3 aromatic carbocycles. The van der Waals surface area contributed by atoms with Crippen LogP contribution in [0.25, 0.3) is 0 Å². The van der Waals surface area contributed by atoms with E-state index in [2.05, 4.69) is 45.4 Å². The molecule has 9 nitrogen and oxygen atoms in total. The maximum atomic E-state index is 12.5. The SMILES string of the molecule is CC(=O)O[C@@H](C)C(=O)Nc1cccc([C@@H]2O[C@H](CN3CCN(Cc4ccccc4)CC3)C[C@H](c3ccc(CO)cc3)O2)c1. The summed E-state index contributed by atoms with van der Waals surface area (Å²) in [6.45, 7) is 8.49. The fourth-order valence-corrected chi connectivity index (χ4v) is 5.60. The lowest BCUT2D eigenvalue weighted by molar-refractivity contribution is -0.253. The zero-order chi connectivity index (χ0) is 30.2. The van der Waals surface area contributed by atoms with Crippen molar-refractivity contribution < 1.29 is 28.9 Å². The van der Waals surface area contributed by atoms with Crippen molar-refractivity contribution in [2.45, 2.75) is 58.0 Å². The first-order chi connectivity index (χ1) is 20.9. The molecule has 4 atom stereocenters. The van der Waals surface area contributed by atoms with Crippen LogP contribution in [0.2, 0.25) is 0 Å². The molecule has 2 N–H and O–H groups in total. The number of benzene rings is 3. The Morgan fingerprint density at radius 1 is 0.907 bits per heavy atom. The van der Waals surface area contributed by atoms with E-state index in [0.29, 0.717) is 12.1 Å². The number of hydrogen-bond donors (Lipinski definition) is 2. The van der Waals surface area contributed by atoms with E-state index < -0.39 is 24.3 Å². The summed E-state index contributed by atoms with van der Waals surface area (Å²) >= 11 is 0. The van der Waals surface area contributed by atoms with Gasteiger partial charge in [0.1, 0.15) is 0 Å². The molecule has 0 radical (unpaired) electrons. The summed E-state index contributed by atoms with van der Waals surface area (Å²) in [5.41, 5.74) is 4.56. The minimum absolute atomic E-state index is 0.00893. The van der Waals surface area contributed by atoms with Crippen LogP contribution in [0, 0.1) is 0 Å². The highest BCUT2D eigenvalue weighted by Gasteiger charge is 2.34. The molecule has 228 valence electrons. The maximum Gasteiger partial charge on any atom is 0.303 e. The van der Waals surface area contributed by atoms with Crippen molar-refractivity contribution in [1.82, 2.24) is 9.80 Å². The van der Waals surface area contributed by atoms with Crippen LogP contribution in [0.15, 0.2) is 78.9 Å². The number of nitrogens with one attached hydrogen (secondary N) is 1. The van der Waals surface area contributed by atoms with Gasteiger partial charge in [-0.05, 0) is 35.7 Å². The first-order valence-electron chi connectivity index (χ1n) is 14.9. The lowest BCUT2D eigenvalue weighted by atomic mass is 9.99. The molecule has 2 aliphatic heterocycles. The number of piperazine rings is 1. The van der Waals surface area contributed by atoms with Gasteiger partial charge in [-0.2, -0.15) is 0 Å². The van der Waals surface area contributed by atoms with E-state index in [1.165, 1.54) is 19.4 Å². The van der Waals surface area contributed by atoms with Crippen molar-refractivity contribution in [2.75, 3.05) is 38.0 Å². The van der Waals surface area contributed by atoms with Gasteiger partial charge >= 0.3 is 5.97 Å². The van der Waals surface area contributed by atoms with E-state index in [0.717, 1.165) is 56.0 Å². The molecular weight excluding hydrogens is 546 g/mol. The summed E-state index contributed by atoms with van der Waals surface area (Å²) in [6.07, 6.45) is -1.10. The largest absolute Gasteiger partial charge is 0.453 e. The van der Waals surface area contributed by atoms with Crippen molar-refractivity contribution in [3.05, 3.63) is 101 Å². The van der Waals surface area contributed by atoms with Gasteiger partial charge in [0.15, 0.2) is 12.4 Å². The zero-order valence-corrected chi connectivity index (χ0v) is 24.9. The van der Waals surface area contributed by atoms with Crippen LogP contribution >= 0.6 is 0 Å². The Hall–Kier alpha value is -3.60. The summed E-state index contributed by atoms with van der Waals surface area (Å²) in [6, 6.07) is 25.8. The third-order valence-electron chi connectivity index (χ3n) is 7.93. The highest BCUT2D eigenvalue weighted by molar-refractivity contribution is 5.95. The number of aliphatic hydroxyl groups is 1. The molecule has 2 aliphatic rings.